The zero-order valence-electron chi connectivity index (χ0n) is 12.6. The average Bonchev–Trinajstić information content (AvgIpc) is 2.60. The summed E-state index contributed by atoms with van der Waals surface area (Å²) in [6.45, 7) is 7.04. The highest BCUT2D eigenvalue weighted by molar-refractivity contribution is 6.15. The summed E-state index contributed by atoms with van der Waals surface area (Å²) in [7, 11) is 0. The largest absolute Gasteiger partial charge is 0.392 e. The van der Waals surface area contributed by atoms with Gasteiger partial charge in [-0.15, -0.1) is 0 Å². The van der Waals surface area contributed by atoms with Crippen molar-refractivity contribution in [2.24, 2.45) is 4.99 Å². The third-order valence-electron chi connectivity index (χ3n) is 3.18. The Kier molecular flexibility index (Phi) is 5.72. The van der Waals surface area contributed by atoms with E-state index in [1.807, 2.05) is 30.3 Å². The first kappa shape index (κ1) is 16.5. The van der Waals surface area contributed by atoms with Crippen molar-refractivity contribution in [2.45, 2.75) is 6.61 Å². The highest BCUT2D eigenvalue weighted by Gasteiger charge is 2.12. The van der Waals surface area contributed by atoms with E-state index in [0.29, 0.717) is 11.3 Å². The van der Waals surface area contributed by atoms with Crippen LogP contribution in [-0.2, 0) is 6.61 Å². The maximum Gasteiger partial charge on any atom is 0.189 e. The lowest BCUT2D eigenvalue weighted by Gasteiger charge is -2.09. The zero-order chi connectivity index (χ0) is 16.7. The number of aliphatic hydroxyl groups excluding tert-OH is 1. The molecule has 1 aromatic heterocycles. The van der Waals surface area contributed by atoms with Crippen molar-refractivity contribution in [3.8, 4) is 0 Å². The Bertz CT molecular complexity index is 764. The van der Waals surface area contributed by atoms with Gasteiger partial charge in [-0.2, -0.15) is 0 Å². The first-order valence-corrected chi connectivity index (χ1v) is 7.05. The number of nitrogens with zero attached hydrogens (tertiary/aromatic N) is 2. The van der Waals surface area contributed by atoms with E-state index in [2.05, 4.69) is 23.1 Å². The Morgan fingerprint density at radius 3 is 2.57 bits per heavy atom. The van der Waals surface area contributed by atoms with Gasteiger partial charge < -0.3 is 5.11 Å². The van der Waals surface area contributed by atoms with E-state index < -0.39 is 12.4 Å². The van der Waals surface area contributed by atoms with Crippen LogP contribution in [0.3, 0.4) is 0 Å². The number of aromatic nitrogens is 1. The number of aliphatic hydroxyl groups is 1. The second-order valence-corrected chi connectivity index (χ2v) is 4.65. The zero-order valence-corrected chi connectivity index (χ0v) is 12.6. The van der Waals surface area contributed by atoms with E-state index in [-0.39, 0.29) is 11.4 Å². The molecule has 0 fully saturated rings. The van der Waals surface area contributed by atoms with Crippen molar-refractivity contribution in [1.82, 2.24) is 4.98 Å². The standard InChI is InChI=1S/C19H17FN2O/c1-3-8-14(4-2)18(15-9-6-5-7-10-15)22-19-17(20)16(13-23)11-12-21-19/h3-12,23H,1-2,13H2/b14-8+,22-18?. The highest BCUT2D eigenvalue weighted by Crippen LogP contribution is 2.22. The molecule has 0 amide bonds. The van der Waals surface area contributed by atoms with Gasteiger partial charge in [-0.05, 0) is 6.07 Å². The highest BCUT2D eigenvalue weighted by atomic mass is 19.1. The van der Waals surface area contributed by atoms with Gasteiger partial charge in [0.25, 0.3) is 0 Å². The summed E-state index contributed by atoms with van der Waals surface area (Å²) in [5.74, 6) is -0.710. The minimum Gasteiger partial charge on any atom is -0.392 e. The maximum absolute atomic E-state index is 14.3. The van der Waals surface area contributed by atoms with Crippen LogP contribution < -0.4 is 0 Å². The van der Waals surface area contributed by atoms with Crippen LogP contribution in [0.25, 0.3) is 0 Å². The lowest BCUT2D eigenvalue weighted by atomic mass is 10.0. The van der Waals surface area contributed by atoms with Crippen molar-refractivity contribution in [2.75, 3.05) is 0 Å². The molecule has 0 spiro atoms. The Morgan fingerprint density at radius 1 is 1.22 bits per heavy atom. The number of allylic oxidation sites excluding steroid dienone is 4. The molecule has 2 rings (SSSR count). The van der Waals surface area contributed by atoms with Crippen molar-refractivity contribution in [1.29, 1.82) is 0 Å². The molecule has 0 aliphatic heterocycles. The molecule has 116 valence electrons. The molecule has 0 bridgehead atoms. The number of halogens is 1. The van der Waals surface area contributed by atoms with E-state index in [0.717, 1.165) is 5.56 Å². The van der Waals surface area contributed by atoms with Gasteiger partial charge in [0.15, 0.2) is 11.6 Å². The summed E-state index contributed by atoms with van der Waals surface area (Å²) in [6.07, 6.45) is 6.40. The van der Waals surface area contributed by atoms with Crippen molar-refractivity contribution < 1.29 is 9.50 Å². The van der Waals surface area contributed by atoms with Gasteiger partial charge in [0.05, 0.1) is 12.3 Å². The molecular formula is C19H17FN2O. The lowest BCUT2D eigenvalue weighted by Crippen LogP contribution is -2.04. The molecule has 0 radical (unpaired) electrons. The van der Waals surface area contributed by atoms with Crippen LogP contribution in [0.4, 0.5) is 10.2 Å². The number of aliphatic imine (C=N–C) groups is 1. The summed E-state index contributed by atoms with van der Waals surface area (Å²) < 4.78 is 14.3. The second kappa shape index (κ2) is 7.96. The molecule has 0 saturated heterocycles. The monoisotopic (exact) mass is 308 g/mol. The van der Waals surface area contributed by atoms with Gasteiger partial charge in [-0.1, -0.05) is 61.7 Å². The normalized spacial score (nSPS) is 12.1. The summed E-state index contributed by atoms with van der Waals surface area (Å²) in [5, 5.41) is 9.18. The molecule has 1 N–H and O–H groups in total. The quantitative estimate of drug-likeness (QED) is 0.644. The third-order valence-corrected chi connectivity index (χ3v) is 3.18. The fraction of sp³-hybridized carbons (Fsp3) is 0.0526. The maximum atomic E-state index is 14.3. The van der Waals surface area contributed by atoms with E-state index in [4.69, 9.17) is 0 Å². The molecule has 3 nitrogen and oxygen atoms in total. The lowest BCUT2D eigenvalue weighted by molar-refractivity contribution is 0.275. The number of hydrogen-bond acceptors (Lipinski definition) is 3. The first-order valence-electron chi connectivity index (χ1n) is 7.05. The predicted molar refractivity (Wildman–Crippen MR) is 91.2 cm³/mol. The van der Waals surface area contributed by atoms with Crippen LogP contribution in [0.5, 0.6) is 0 Å². The minimum absolute atomic E-state index is 0.0767. The van der Waals surface area contributed by atoms with Crippen LogP contribution in [-0.4, -0.2) is 15.8 Å². The molecule has 0 aliphatic rings. The van der Waals surface area contributed by atoms with E-state index in [9.17, 15) is 9.50 Å². The molecule has 1 aromatic carbocycles. The summed E-state index contributed by atoms with van der Waals surface area (Å²) in [5.41, 5.74) is 2.18. The molecule has 1 heterocycles. The molecule has 0 atom stereocenters. The average molecular weight is 308 g/mol. The molecule has 2 aromatic rings. The molecule has 0 aliphatic carbocycles. The van der Waals surface area contributed by atoms with Crippen molar-refractivity contribution in [3.63, 3.8) is 0 Å². The molecule has 0 unspecified atom stereocenters. The van der Waals surface area contributed by atoms with Gasteiger partial charge >= 0.3 is 0 Å². The van der Waals surface area contributed by atoms with Crippen molar-refractivity contribution in [3.05, 3.63) is 96.5 Å². The van der Waals surface area contributed by atoms with Crippen LogP contribution in [0, 0.1) is 5.82 Å². The first-order chi connectivity index (χ1) is 11.2. The number of benzene rings is 1. The number of rotatable bonds is 6. The Labute approximate surface area is 134 Å². The predicted octanol–water partition coefficient (Wildman–Crippen LogP) is 4.13. The Balaban J connectivity index is 2.65. The van der Waals surface area contributed by atoms with Crippen molar-refractivity contribution >= 4 is 11.5 Å². The van der Waals surface area contributed by atoms with E-state index in [1.165, 1.54) is 12.3 Å². The molecular weight excluding hydrogens is 291 g/mol. The summed E-state index contributed by atoms with van der Waals surface area (Å²) in [6, 6.07) is 10.8. The smallest absolute Gasteiger partial charge is 0.189 e. The Morgan fingerprint density at radius 2 is 1.96 bits per heavy atom. The van der Waals surface area contributed by atoms with Crippen LogP contribution >= 0.6 is 0 Å². The van der Waals surface area contributed by atoms with Gasteiger partial charge in [0.1, 0.15) is 0 Å². The number of pyridine rings is 1. The van der Waals surface area contributed by atoms with Gasteiger partial charge in [0.2, 0.25) is 0 Å². The van der Waals surface area contributed by atoms with Gasteiger partial charge in [-0.3, -0.25) is 0 Å². The van der Waals surface area contributed by atoms with Gasteiger partial charge in [0, 0.05) is 22.9 Å². The Hall–Kier alpha value is -2.85. The topological polar surface area (TPSA) is 45.5 Å². The van der Waals surface area contributed by atoms with Gasteiger partial charge in [-0.25, -0.2) is 14.4 Å². The van der Waals surface area contributed by atoms with E-state index >= 15 is 0 Å². The number of hydrogen-bond donors (Lipinski definition) is 1. The molecule has 23 heavy (non-hydrogen) atoms. The van der Waals surface area contributed by atoms with Crippen LogP contribution in [0.15, 0.2) is 84.5 Å². The second-order valence-electron chi connectivity index (χ2n) is 4.65. The fourth-order valence-corrected chi connectivity index (χ4v) is 2.04. The minimum atomic E-state index is -0.634. The van der Waals surface area contributed by atoms with Crippen LogP contribution in [0.1, 0.15) is 11.1 Å². The SMILES string of the molecule is C=C/C=C(\C=C)C(=Nc1nccc(CO)c1F)c1ccccc1. The third kappa shape index (κ3) is 3.87. The summed E-state index contributed by atoms with van der Waals surface area (Å²) >= 11 is 0. The van der Waals surface area contributed by atoms with Crippen LogP contribution in [0.2, 0.25) is 0 Å². The molecule has 0 saturated carbocycles. The summed E-state index contributed by atoms with van der Waals surface area (Å²) in [4.78, 5) is 8.33. The fourth-order valence-electron chi connectivity index (χ4n) is 2.04. The molecule has 4 heteroatoms. The van der Waals surface area contributed by atoms with E-state index in [1.54, 1.807) is 18.2 Å².